The van der Waals surface area contributed by atoms with Gasteiger partial charge in [0.15, 0.2) is 0 Å². The molecule has 21 heavy (non-hydrogen) atoms. The number of amides is 2. The number of rotatable bonds is 8. The van der Waals surface area contributed by atoms with E-state index in [-0.39, 0.29) is 30.5 Å². The molecule has 2 amide bonds. The molecule has 1 aliphatic carbocycles. The number of carbonyl (C=O) groups excluding carboxylic acids is 1. The average molecular weight is 300 g/mol. The summed E-state index contributed by atoms with van der Waals surface area (Å²) in [5.41, 5.74) is 0. The topological polar surface area (TPSA) is 87.7 Å². The molecule has 0 aliphatic heterocycles. The molecular formula is C15H28N2O4. The van der Waals surface area contributed by atoms with Gasteiger partial charge in [0.2, 0.25) is 0 Å². The number of aliphatic carboxylic acids is 1. The van der Waals surface area contributed by atoms with Crippen LogP contribution in [0.4, 0.5) is 4.79 Å². The Morgan fingerprint density at radius 1 is 1.33 bits per heavy atom. The molecule has 0 saturated heterocycles. The Morgan fingerprint density at radius 2 is 2.05 bits per heavy atom. The van der Waals surface area contributed by atoms with E-state index in [9.17, 15) is 9.59 Å². The highest BCUT2D eigenvalue weighted by atomic mass is 16.5. The zero-order chi connectivity index (χ0) is 15.8. The summed E-state index contributed by atoms with van der Waals surface area (Å²) in [5, 5.41) is 14.6. The maximum absolute atomic E-state index is 11.9. The first-order valence-corrected chi connectivity index (χ1v) is 7.71. The number of urea groups is 1. The Hall–Kier alpha value is -1.30. The van der Waals surface area contributed by atoms with E-state index in [4.69, 9.17) is 9.84 Å². The second-order valence-electron chi connectivity index (χ2n) is 6.26. The number of carboxylic acids is 1. The minimum absolute atomic E-state index is 0.0324. The van der Waals surface area contributed by atoms with E-state index >= 15 is 0 Å². The van der Waals surface area contributed by atoms with Crippen LogP contribution in [0.2, 0.25) is 0 Å². The summed E-state index contributed by atoms with van der Waals surface area (Å²) < 4.78 is 5.34. The minimum atomic E-state index is -0.821. The van der Waals surface area contributed by atoms with Crippen molar-refractivity contribution in [3.63, 3.8) is 0 Å². The lowest BCUT2D eigenvalue weighted by molar-refractivity contribution is -0.138. The third-order valence-electron chi connectivity index (χ3n) is 3.89. The van der Waals surface area contributed by atoms with Gasteiger partial charge in [0.1, 0.15) is 0 Å². The van der Waals surface area contributed by atoms with Crippen LogP contribution in [0.3, 0.4) is 0 Å². The second-order valence-corrected chi connectivity index (χ2v) is 6.26. The van der Waals surface area contributed by atoms with Crippen molar-refractivity contribution < 1.29 is 19.4 Å². The van der Waals surface area contributed by atoms with Crippen LogP contribution in [0, 0.1) is 11.8 Å². The second kappa shape index (κ2) is 8.87. The number of hydrogen-bond donors (Lipinski definition) is 3. The first kappa shape index (κ1) is 17.8. The summed E-state index contributed by atoms with van der Waals surface area (Å²) in [7, 11) is 1.66. The Labute approximate surface area is 126 Å². The predicted octanol–water partition coefficient (Wildman–Crippen LogP) is 1.99. The van der Waals surface area contributed by atoms with Crippen molar-refractivity contribution in [2.75, 3.05) is 13.7 Å². The highest BCUT2D eigenvalue weighted by Gasteiger charge is 2.28. The van der Waals surface area contributed by atoms with Gasteiger partial charge in [-0.05, 0) is 37.5 Å². The van der Waals surface area contributed by atoms with Crippen molar-refractivity contribution in [3.8, 4) is 0 Å². The van der Waals surface area contributed by atoms with E-state index in [0.29, 0.717) is 12.5 Å². The fourth-order valence-electron chi connectivity index (χ4n) is 2.98. The summed E-state index contributed by atoms with van der Waals surface area (Å²) in [6.45, 7) is 4.49. The number of methoxy groups -OCH3 is 1. The van der Waals surface area contributed by atoms with Gasteiger partial charge in [0, 0.05) is 20.1 Å². The highest BCUT2D eigenvalue weighted by Crippen LogP contribution is 2.21. The summed E-state index contributed by atoms with van der Waals surface area (Å²) in [4.78, 5) is 22.8. The molecular weight excluding hydrogens is 272 g/mol. The van der Waals surface area contributed by atoms with Crippen molar-refractivity contribution in [1.29, 1.82) is 0 Å². The fourth-order valence-corrected chi connectivity index (χ4v) is 2.98. The molecule has 1 saturated carbocycles. The molecule has 122 valence electrons. The molecule has 0 radical (unpaired) electrons. The molecule has 3 unspecified atom stereocenters. The van der Waals surface area contributed by atoms with Gasteiger partial charge in [0.05, 0.1) is 12.1 Å². The lowest BCUT2D eigenvalue weighted by Crippen LogP contribution is -2.47. The van der Waals surface area contributed by atoms with Crippen LogP contribution in [0.15, 0.2) is 0 Å². The van der Waals surface area contributed by atoms with Crippen molar-refractivity contribution in [1.82, 2.24) is 10.6 Å². The van der Waals surface area contributed by atoms with Gasteiger partial charge in [-0.15, -0.1) is 0 Å². The quantitative estimate of drug-likeness (QED) is 0.639. The van der Waals surface area contributed by atoms with Crippen LogP contribution in [-0.4, -0.2) is 42.9 Å². The van der Waals surface area contributed by atoms with E-state index in [1.165, 1.54) is 0 Å². The lowest BCUT2D eigenvalue weighted by atomic mass is 9.94. The first-order valence-electron chi connectivity index (χ1n) is 7.71. The molecule has 0 bridgehead atoms. The molecule has 1 rings (SSSR count). The molecule has 0 aromatic heterocycles. The van der Waals surface area contributed by atoms with Gasteiger partial charge < -0.3 is 20.5 Å². The van der Waals surface area contributed by atoms with E-state index in [1.807, 2.05) is 0 Å². The van der Waals surface area contributed by atoms with E-state index in [1.54, 1.807) is 7.11 Å². The number of ether oxygens (including phenoxy) is 1. The molecule has 6 nitrogen and oxygen atoms in total. The average Bonchev–Trinajstić information content (AvgIpc) is 2.81. The zero-order valence-corrected chi connectivity index (χ0v) is 13.2. The van der Waals surface area contributed by atoms with Gasteiger partial charge in [-0.2, -0.15) is 0 Å². The normalized spacial score (nSPS) is 23.0. The fraction of sp³-hybridized carbons (Fsp3) is 0.867. The Bertz CT molecular complexity index is 347. The van der Waals surface area contributed by atoms with Crippen molar-refractivity contribution in [2.24, 2.45) is 11.8 Å². The first-order chi connectivity index (χ1) is 9.92. The molecule has 3 N–H and O–H groups in total. The Morgan fingerprint density at radius 3 is 2.62 bits per heavy atom. The molecule has 6 heteroatoms. The molecule has 3 atom stereocenters. The summed E-state index contributed by atoms with van der Waals surface area (Å²) in [6, 6.07) is -0.180. The van der Waals surface area contributed by atoms with E-state index in [2.05, 4.69) is 24.5 Å². The van der Waals surface area contributed by atoms with Crippen LogP contribution in [0.5, 0.6) is 0 Å². The minimum Gasteiger partial charge on any atom is -0.481 e. The summed E-state index contributed by atoms with van der Waals surface area (Å²) in [6.07, 6.45) is 3.91. The molecule has 0 heterocycles. The van der Waals surface area contributed by atoms with Crippen LogP contribution in [0.1, 0.15) is 46.0 Å². The SMILES string of the molecule is COC1CCCC1NC(=O)NCC(CC(=O)O)CC(C)C. The number of carbonyl (C=O) groups is 2. The van der Waals surface area contributed by atoms with Crippen molar-refractivity contribution >= 4 is 12.0 Å². The molecule has 0 spiro atoms. The van der Waals surface area contributed by atoms with Crippen LogP contribution < -0.4 is 10.6 Å². The Kier molecular flexibility index (Phi) is 7.50. The van der Waals surface area contributed by atoms with Crippen LogP contribution >= 0.6 is 0 Å². The van der Waals surface area contributed by atoms with Crippen LogP contribution in [-0.2, 0) is 9.53 Å². The standard InChI is InChI=1S/C15H28N2O4/c1-10(2)7-11(8-14(18)19)9-16-15(20)17-12-5-4-6-13(12)21-3/h10-13H,4-9H2,1-3H3,(H,18,19)(H2,16,17,20). The third kappa shape index (κ3) is 6.80. The molecule has 1 aliphatic rings. The predicted molar refractivity (Wildman–Crippen MR) is 80.2 cm³/mol. The van der Waals surface area contributed by atoms with Crippen molar-refractivity contribution in [2.45, 2.75) is 58.1 Å². The number of hydrogen-bond acceptors (Lipinski definition) is 3. The monoisotopic (exact) mass is 300 g/mol. The smallest absolute Gasteiger partial charge is 0.315 e. The number of carboxylic acid groups (broad SMARTS) is 1. The van der Waals surface area contributed by atoms with Crippen molar-refractivity contribution in [3.05, 3.63) is 0 Å². The van der Waals surface area contributed by atoms with Crippen LogP contribution in [0.25, 0.3) is 0 Å². The highest BCUT2D eigenvalue weighted by molar-refractivity contribution is 5.74. The lowest BCUT2D eigenvalue weighted by Gasteiger charge is -2.22. The largest absolute Gasteiger partial charge is 0.481 e. The van der Waals surface area contributed by atoms with E-state index < -0.39 is 5.97 Å². The van der Waals surface area contributed by atoms with Gasteiger partial charge >= 0.3 is 12.0 Å². The maximum atomic E-state index is 11.9. The summed E-state index contributed by atoms with van der Waals surface area (Å²) in [5.74, 6) is -0.444. The maximum Gasteiger partial charge on any atom is 0.315 e. The van der Waals surface area contributed by atoms with E-state index in [0.717, 1.165) is 25.7 Å². The molecule has 0 aromatic rings. The third-order valence-corrected chi connectivity index (χ3v) is 3.89. The Balaban J connectivity index is 2.36. The molecule has 1 fully saturated rings. The van der Waals surface area contributed by atoms with Gasteiger partial charge in [-0.25, -0.2) is 4.79 Å². The van der Waals surface area contributed by atoms with Gasteiger partial charge in [-0.3, -0.25) is 4.79 Å². The number of nitrogens with one attached hydrogen (secondary N) is 2. The van der Waals surface area contributed by atoms with Gasteiger partial charge in [0.25, 0.3) is 0 Å². The molecule has 0 aromatic carbocycles. The van der Waals surface area contributed by atoms with Gasteiger partial charge in [-0.1, -0.05) is 13.8 Å². The summed E-state index contributed by atoms with van der Waals surface area (Å²) >= 11 is 0. The zero-order valence-electron chi connectivity index (χ0n) is 13.2.